The number of pyridine rings is 2. The number of morpholine rings is 1. The Kier molecular flexibility index (Phi) is 5.73. The molecule has 0 bridgehead atoms. The van der Waals surface area contributed by atoms with Gasteiger partial charge in [0.15, 0.2) is 0 Å². The first-order valence-electron chi connectivity index (χ1n) is 11.4. The molecule has 1 aliphatic heterocycles. The zero-order valence-electron chi connectivity index (χ0n) is 19.6. The summed E-state index contributed by atoms with van der Waals surface area (Å²) in [5, 5.41) is 0.994. The van der Waals surface area contributed by atoms with Crippen LogP contribution in [0.5, 0.6) is 5.75 Å². The molecular weight excluding hydrogens is 410 g/mol. The fourth-order valence-corrected chi connectivity index (χ4v) is 4.72. The van der Waals surface area contributed by atoms with Crippen LogP contribution in [-0.2, 0) is 4.74 Å². The molecule has 168 valence electrons. The molecule has 5 rings (SSSR count). The average Bonchev–Trinajstić information content (AvgIpc) is 2.83. The maximum Gasteiger partial charge on any atom is 0.137 e. The zero-order chi connectivity index (χ0) is 22.9. The van der Waals surface area contributed by atoms with Gasteiger partial charge in [0.25, 0.3) is 0 Å². The van der Waals surface area contributed by atoms with Crippen LogP contribution in [0.1, 0.15) is 19.5 Å². The second kappa shape index (κ2) is 8.83. The van der Waals surface area contributed by atoms with Crippen molar-refractivity contribution in [3.8, 4) is 28.0 Å². The van der Waals surface area contributed by atoms with Gasteiger partial charge in [0, 0.05) is 58.9 Å². The van der Waals surface area contributed by atoms with Crippen molar-refractivity contribution in [3.05, 3.63) is 72.7 Å². The SMILES string of the molecule is COc1c(-c2ccc(N3CC(C)O[C@@H](C)C3)cc2)cnc2c(-c3ccc(C)nc3)cccc12. The van der Waals surface area contributed by atoms with Gasteiger partial charge in [0.1, 0.15) is 5.75 Å². The molecular formula is C28H29N3O2. The van der Waals surface area contributed by atoms with Gasteiger partial charge in [-0.2, -0.15) is 0 Å². The number of benzene rings is 2. The van der Waals surface area contributed by atoms with Crippen molar-refractivity contribution in [1.29, 1.82) is 0 Å². The summed E-state index contributed by atoms with van der Waals surface area (Å²) in [5.41, 5.74) is 7.29. The molecule has 2 aromatic carbocycles. The molecule has 1 fully saturated rings. The number of fused-ring (bicyclic) bond motifs is 1. The Morgan fingerprint density at radius 2 is 1.58 bits per heavy atom. The van der Waals surface area contributed by atoms with Gasteiger partial charge in [-0.3, -0.25) is 9.97 Å². The molecule has 2 aromatic heterocycles. The molecule has 0 saturated carbocycles. The topological polar surface area (TPSA) is 47.5 Å². The van der Waals surface area contributed by atoms with Gasteiger partial charge in [-0.1, -0.05) is 30.3 Å². The second-order valence-electron chi connectivity index (χ2n) is 8.80. The quantitative estimate of drug-likeness (QED) is 0.397. The highest BCUT2D eigenvalue weighted by Gasteiger charge is 2.22. The van der Waals surface area contributed by atoms with E-state index in [1.165, 1.54) is 5.69 Å². The van der Waals surface area contributed by atoms with Crippen LogP contribution in [0.25, 0.3) is 33.2 Å². The van der Waals surface area contributed by atoms with E-state index in [0.29, 0.717) is 0 Å². The first-order chi connectivity index (χ1) is 16.0. The normalized spacial score (nSPS) is 18.5. The lowest BCUT2D eigenvalue weighted by molar-refractivity contribution is -0.00521. The van der Waals surface area contributed by atoms with E-state index in [4.69, 9.17) is 14.5 Å². The fourth-order valence-electron chi connectivity index (χ4n) is 4.72. The summed E-state index contributed by atoms with van der Waals surface area (Å²) in [6, 6.07) is 19.0. The van der Waals surface area contributed by atoms with E-state index in [1.54, 1.807) is 7.11 Å². The van der Waals surface area contributed by atoms with E-state index in [9.17, 15) is 0 Å². The van der Waals surface area contributed by atoms with Crippen molar-refractivity contribution in [2.75, 3.05) is 25.1 Å². The number of nitrogens with zero attached hydrogens (tertiary/aromatic N) is 3. The predicted octanol–water partition coefficient (Wildman–Crippen LogP) is 5.89. The van der Waals surface area contributed by atoms with Crippen LogP contribution in [0.4, 0.5) is 5.69 Å². The van der Waals surface area contributed by atoms with Gasteiger partial charge in [-0.25, -0.2) is 0 Å². The van der Waals surface area contributed by atoms with Gasteiger partial charge in [-0.15, -0.1) is 0 Å². The number of ether oxygens (including phenoxy) is 2. The summed E-state index contributed by atoms with van der Waals surface area (Å²) in [6.07, 6.45) is 4.28. The lowest BCUT2D eigenvalue weighted by Gasteiger charge is -2.36. The molecule has 0 N–H and O–H groups in total. The maximum absolute atomic E-state index is 5.92. The van der Waals surface area contributed by atoms with E-state index < -0.39 is 0 Å². The minimum Gasteiger partial charge on any atom is -0.495 e. The molecule has 5 heteroatoms. The van der Waals surface area contributed by atoms with Crippen LogP contribution in [0.2, 0.25) is 0 Å². The van der Waals surface area contributed by atoms with Crippen molar-refractivity contribution in [3.63, 3.8) is 0 Å². The van der Waals surface area contributed by atoms with Crippen LogP contribution < -0.4 is 9.64 Å². The number of aromatic nitrogens is 2. The first-order valence-corrected chi connectivity index (χ1v) is 11.4. The summed E-state index contributed by atoms with van der Waals surface area (Å²) in [6.45, 7) is 8.06. The highest BCUT2D eigenvalue weighted by molar-refractivity contribution is 6.00. The number of para-hydroxylation sites is 1. The van der Waals surface area contributed by atoms with Crippen molar-refractivity contribution in [2.24, 2.45) is 0 Å². The molecule has 0 spiro atoms. The molecule has 1 unspecified atom stereocenters. The Morgan fingerprint density at radius 1 is 0.848 bits per heavy atom. The van der Waals surface area contributed by atoms with Crippen LogP contribution in [0.15, 0.2) is 67.0 Å². The second-order valence-corrected chi connectivity index (χ2v) is 8.80. The minimum atomic E-state index is 0.233. The fraction of sp³-hybridized carbons (Fsp3) is 0.286. The van der Waals surface area contributed by atoms with Gasteiger partial charge >= 0.3 is 0 Å². The monoisotopic (exact) mass is 439 g/mol. The van der Waals surface area contributed by atoms with E-state index in [2.05, 4.69) is 72.3 Å². The van der Waals surface area contributed by atoms with E-state index in [0.717, 1.165) is 57.7 Å². The molecule has 1 aliphatic rings. The number of hydrogen-bond donors (Lipinski definition) is 0. The molecule has 5 nitrogen and oxygen atoms in total. The largest absolute Gasteiger partial charge is 0.495 e. The Labute approximate surface area is 195 Å². The third-order valence-corrected chi connectivity index (χ3v) is 6.24. The lowest BCUT2D eigenvalue weighted by Crippen LogP contribution is -2.45. The first kappa shape index (κ1) is 21.4. The van der Waals surface area contributed by atoms with Gasteiger partial charge in [-0.05, 0) is 50.6 Å². The smallest absolute Gasteiger partial charge is 0.137 e. The summed E-state index contributed by atoms with van der Waals surface area (Å²) >= 11 is 0. The Balaban J connectivity index is 1.53. The van der Waals surface area contributed by atoms with Crippen LogP contribution in [0, 0.1) is 6.92 Å². The Morgan fingerprint density at radius 3 is 2.24 bits per heavy atom. The molecule has 0 amide bonds. The highest BCUT2D eigenvalue weighted by Crippen LogP contribution is 2.39. The third kappa shape index (κ3) is 4.16. The van der Waals surface area contributed by atoms with Gasteiger partial charge < -0.3 is 14.4 Å². The zero-order valence-corrected chi connectivity index (χ0v) is 19.6. The molecule has 4 aromatic rings. The number of methoxy groups -OCH3 is 1. The van der Waals surface area contributed by atoms with Crippen LogP contribution in [-0.4, -0.2) is 42.4 Å². The number of anilines is 1. The van der Waals surface area contributed by atoms with Crippen molar-refractivity contribution in [2.45, 2.75) is 33.0 Å². The lowest BCUT2D eigenvalue weighted by atomic mass is 9.99. The highest BCUT2D eigenvalue weighted by atomic mass is 16.5. The molecule has 1 saturated heterocycles. The molecule has 0 aliphatic carbocycles. The summed E-state index contributed by atoms with van der Waals surface area (Å²) < 4.78 is 11.8. The number of rotatable bonds is 4. The van der Waals surface area contributed by atoms with Gasteiger partial charge in [0.05, 0.1) is 24.8 Å². The molecule has 33 heavy (non-hydrogen) atoms. The van der Waals surface area contributed by atoms with Crippen LogP contribution >= 0.6 is 0 Å². The summed E-state index contributed by atoms with van der Waals surface area (Å²) in [4.78, 5) is 11.7. The minimum absolute atomic E-state index is 0.233. The average molecular weight is 440 g/mol. The van der Waals surface area contributed by atoms with E-state index in [1.807, 2.05) is 25.4 Å². The van der Waals surface area contributed by atoms with Crippen molar-refractivity contribution in [1.82, 2.24) is 9.97 Å². The van der Waals surface area contributed by atoms with E-state index >= 15 is 0 Å². The van der Waals surface area contributed by atoms with E-state index in [-0.39, 0.29) is 12.2 Å². The predicted molar refractivity (Wildman–Crippen MR) is 134 cm³/mol. The van der Waals surface area contributed by atoms with Crippen molar-refractivity contribution < 1.29 is 9.47 Å². The Hall–Kier alpha value is -3.44. The summed E-state index contributed by atoms with van der Waals surface area (Å²) in [7, 11) is 1.73. The van der Waals surface area contributed by atoms with Crippen molar-refractivity contribution >= 4 is 16.6 Å². The molecule has 2 atom stereocenters. The maximum atomic E-state index is 5.92. The number of aryl methyl sites for hydroxylation is 1. The Bertz CT molecular complexity index is 1260. The van der Waals surface area contributed by atoms with Crippen LogP contribution in [0.3, 0.4) is 0 Å². The summed E-state index contributed by atoms with van der Waals surface area (Å²) in [5.74, 6) is 0.836. The standard InChI is InChI=1S/C28H29N3O2/c1-18-8-9-22(14-29-18)24-6-5-7-25-27(24)30-15-26(28(25)32-4)21-10-12-23(13-11-21)31-16-19(2)33-20(3)17-31/h5-15,19-20H,16-17H2,1-4H3/t19-,20?/m0/s1. The molecule has 3 heterocycles. The third-order valence-electron chi connectivity index (χ3n) is 6.24. The van der Waals surface area contributed by atoms with Gasteiger partial charge in [0.2, 0.25) is 0 Å². The number of hydrogen-bond acceptors (Lipinski definition) is 5. The molecule has 0 radical (unpaired) electrons.